The van der Waals surface area contributed by atoms with Gasteiger partial charge in [0.25, 0.3) is 5.91 Å². The molecule has 1 aromatic heterocycles. The average molecular weight is 434 g/mol. The summed E-state index contributed by atoms with van der Waals surface area (Å²) in [6.07, 6.45) is -4.46. The van der Waals surface area contributed by atoms with Crippen LogP contribution in [0.15, 0.2) is 36.2 Å². The number of hydrogen-bond acceptors (Lipinski definition) is 6. The standard InChI is InChI=1S/C17H15ClF3N3O3S/c1-3-6-22-16-24-13(8-28-16)15(26)27-9(2)14(25)23-12-5-4-10(18)7-11(12)17(19,20)21/h3-5,7-9H,1,6H2,2H3,(H,22,24)(H,23,25). The molecule has 0 spiro atoms. The monoisotopic (exact) mass is 433 g/mol. The fraction of sp³-hybridized carbons (Fsp3) is 0.235. The van der Waals surface area contributed by atoms with Gasteiger partial charge in [0.05, 0.1) is 11.3 Å². The zero-order chi connectivity index (χ0) is 20.9. The highest BCUT2D eigenvalue weighted by Crippen LogP contribution is 2.36. The second-order valence-electron chi connectivity index (χ2n) is 5.43. The second kappa shape index (κ2) is 9.07. The normalized spacial score (nSPS) is 12.2. The first-order valence-electron chi connectivity index (χ1n) is 7.80. The Labute approximate surface area is 167 Å². The lowest BCUT2D eigenvalue weighted by Crippen LogP contribution is -2.31. The number of carbonyl (C=O) groups excluding carboxylic acids is 2. The van der Waals surface area contributed by atoms with Crippen LogP contribution in [0.2, 0.25) is 5.02 Å². The van der Waals surface area contributed by atoms with Gasteiger partial charge < -0.3 is 15.4 Å². The maximum Gasteiger partial charge on any atom is 0.418 e. The summed E-state index contributed by atoms with van der Waals surface area (Å²) in [5.41, 5.74) is -1.63. The topological polar surface area (TPSA) is 80.3 Å². The van der Waals surface area contributed by atoms with Gasteiger partial charge in [-0.15, -0.1) is 17.9 Å². The Kier molecular flexibility index (Phi) is 7.03. The molecule has 6 nitrogen and oxygen atoms in total. The van der Waals surface area contributed by atoms with E-state index in [4.69, 9.17) is 16.3 Å². The number of rotatable bonds is 7. The van der Waals surface area contributed by atoms with Crippen molar-refractivity contribution in [1.29, 1.82) is 0 Å². The lowest BCUT2D eigenvalue weighted by molar-refractivity contribution is -0.137. The lowest BCUT2D eigenvalue weighted by Gasteiger charge is -2.17. The lowest BCUT2D eigenvalue weighted by atomic mass is 10.1. The van der Waals surface area contributed by atoms with Gasteiger partial charge in [-0.1, -0.05) is 17.7 Å². The van der Waals surface area contributed by atoms with Gasteiger partial charge in [-0.3, -0.25) is 4.79 Å². The summed E-state index contributed by atoms with van der Waals surface area (Å²) in [5.74, 6) is -1.81. The Hall–Kier alpha value is -2.59. The third kappa shape index (κ3) is 5.70. The van der Waals surface area contributed by atoms with Crippen molar-refractivity contribution in [2.45, 2.75) is 19.2 Å². The zero-order valence-corrected chi connectivity index (χ0v) is 16.0. The first-order valence-corrected chi connectivity index (χ1v) is 9.06. The van der Waals surface area contributed by atoms with Gasteiger partial charge in [0, 0.05) is 16.9 Å². The summed E-state index contributed by atoms with van der Waals surface area (Å²) in [6.45, 7) is 5.22. The predicted molar refractivity (Wildman–Crippen MR) is 101 cm³/mol. The molecule has 0 aliphatic rings. The van der Waals surface area contributed by atoms with Crippen LogP contribution in [0.25, 0.3) is 0 Å². The van der Waals surface area contributed by atoms with Crippen LogP contribution in [0.1, 0.15) is 23.0 Å². The predicted octanol–water partition coefficient (Wildman–Crippen LogP) is 4.60. The number of halogens is 4. The number of aromatic nitrogens is 1. The Balaban J connectivity index is 2.04. The summed E-state index contributed by atoms with van der Waals surface area (Å²) in [7, 11) is 0. The third-order valence-electron chi connectivity index (χ3n) is 3.31. The van der Waals surface area contributed by atoms with E-state index in [1.807, 2.05) is 0 Å². The molecule has 0 aliphatic carbocycles. The van der Waals surface area contributed by atoms with Crippen LogP contribution in [0.5, 0.6) is 0 Å². The Morgan fingerprint density at radius 3 is 2.79 bits per heavy atom. The number of esters is 1. The number of carbonyl (C=O) groups is 2. The quantitative estimate of drug-likeness (QED) is 0.493. The number of nitrogens with one attached hydrogen (secondary N) is 2. The van der Waals surface area contributed by atoms with E-state index >= 15 is 0 Å². The fourth-order valence-corrected chi connectivity index (χ4v) is 2.84. The molecule has 0 saturated carbocycles. The number of ether oxygens (including phenoxy) is 1. The van der Waals surface area contributed by atoms with Crippen LogP contribution < -0.4 is 10.6 Å². The van der Waals surface area contributed by atoms with Crippen LogP contribution in [0, 0.1) is 0 Å². The van der Waals surface area contributed by atoms with E-state index in [0.29, 0.717) is 17.7 Å². The zero-order valence-electron chi connectivity index (χ0n) is 14.5. The van der Waals surface area contributed by atoms with Crippen molar-refractivity contribution in [3.63, 3.8) is 0 Å². The summed E-state index contributed by atoms with van der Waals surface area (Å²) in [5, 5.41) is 6.74. The van der Waals surface area contributed by atoms with E-state index in [2.05, 4.69) is 22.2 Å². The van der Waals surface area contributed by atoms with Crippen molar-refractivity contribution in [2.24, 2.45) is 0 Å². The summed E-state index contributed by atoms with van der Waals surface area (Å²) in [6, 6.07) is 2.92. The van der Waals surface area contributed by atoms with Gasteiger partial charge in [-0.2, -0.15) is 13.2 Å². The number of hydrogen-bond donors (Lipinski definition) is 2. The molecule has 0 saturated heterocycles. The van der Waals surface area contributed by atoms with E-state index in [-0.39, 0.29) is 10.7 Å². The highest BCUT2D eigenvalue weighted by atomic mass is 35.5. The molecule has 0 bridgehead atoms. The first kappa shape index (κ1) is 21.7. The minimum Gasteiger partial charge on any atom is -0.448 e. The molecule has 0 radical (unpaired) electrons. The summed E-state index contributed by atoms with van der Waals surface area (Å²) < 4.78 is 44.2. The van der Waals surface area contributed by atoms with E-state index in [1.54, 1.807) is 6.08 Å². The number of anilines is 2. The molecule has 28 heavy (non-hydrogen) atoms. The number of benzene rings is 1. The molecule has 1 heterocycles. The number of nitrogens with zero attached hydrogens (tertiary/aromatic N) is 1. The SMILES string of the molecule is C=CCNc1nc(C(=O)OC(C)C(=O)Nc2ccc(Cl)cc2C(F)(F)F)cs1. The molecule has 1 amide bonds. The van der Waals surface area contributed by atoms with Gasteiger partial charge in [-0.05, 0) is 25.1 Å². The smallest absolute Gasteiger partial charge is 0.418 e. The molecular formula is C17H15ClF3N3O3S. The molecule has 150 valence electrons. The van der Waals surface area contributed by atoms with E-state index in [1.165, 1.54) is 18.4 Å². The fourth-order valence-electron chi connectivity index (χ4n) is 1.98. The average Bonchev–Trinajstić information content (AvgIpc) is 3.09. The minimum absolute atomic E-state index is 0.0290. The highest BCUT2D eigenvalue weighted by Gasteiger charge is 2.34. The molecule has 1 atom stereocenters. The molecule has 11 heteroatoms. The highest BCUT2D eigenvalue weighted by molar-refractivity contribution is 7.13. The molecule has 1 unspecified atom stereocenters. The maximum absolute atomic E-state index is 13.1. The maximum atomic E-state index is 13.1. The van der Waals surface area contributed by atoms with Crippen LogP contribution >= 0.6 is 22.9 Å². The van der Waals surface area contributed by atoms with Crippen molar-refractivity contribution < 1.29 is 27.5 Å². The number of amides is 1. The van der Waals surface area contributed by atoms with Crippen molar-refractivity contribution in [3.05, 3.63) is 52.5 Å². The first-order chi connectivity index (χ1) is 13.1. The van der Waals surface area contributed by atoms with Crippen LogP contribution in [-0.4, -0.2) is 29.5 Å². The van der Waals surface area contributed by atoms with Gasteiger partial charge in [0.15, 0.2) is 16.9 Å². The Morgan fingerprint density at radius 1 is 1.43 bits per heavy atom. The Morgan fingerprint density at radius 2 is 2.14 bits per heavy atom. The summed E-state index contributed by atoms with van der Waals surface area (Å²) in [4.78, 5) is 28.2. The Bertz CT molecular complexity index is 886. The van der Waals surface area contributed by atoms with Crippen molar-refractivity contribution in [1.82, 2.24) is 4.98 Å². The third-order valence-corrected chi connectivity index (χ3v) is 4.34. The van der Waals surface area contributed by atoms with E-state index in [9.17, 15) is 22.8 Å². The molecular weight excluding hydrogens is 419 g/mol. The summed E-state index contributed by atoms with van der Waals surface area (Å²) >= 11 is 6.75. The van der Waals surface area contributed by atoms with Crippen LogP contribution in [-0.2, 0) is 15.7 Å². The van der Waals surface area contributed by atoms with Crippen LogP contribution in [0.4, 0.5) is 24.0 Å². The number of alkyl halides is 3. The molecule has 1 aromatic carbocycles. The van der Waals surface area contributed by atoms with Crippen molar-refractivity contribution >= 4 is 45.6 Å². The van der Waals surface area contributed by atoms with Gasteiger partial charge in [0.2, 0.25) is 0 Å². The van der Waals surface area contributed by atoms with Gasteiger partial charge in [-0.25, -0.2) is 9.78 Å². The van der Waals surface area contributed by atoms with Gasteiger partial charge in [0.1, 0.15) is 0 Å². The van der Waals surface area contributed by atoms with E-state index in [0.717, 1.165) is 17.4 Å². The second-order valence-corrected chi connectivity index (χ2v) is 6.73. The van der Waals surface area contributed by atoms with Crippen molar-refractivity contribution in [3.8, 4) is 0 Å². The number of thiazole rings is 1. The van der Waals surface area contributed by atoms with Crippen molar-refractivity contribution in [2.75, 3.05) is 17.2 Å². The van der Waals surface area contributed by atoms with E-state index < -0.39 is 35.4 Å². The molecule has 2 rings (SSSR count). The minimum atomic E-state index is -4.72. The molecule has 0 fully saturated rings. The molecule has 0 aliphatic heterocycles. The molecule has 2 N–H and O–H groups in total. The van der Waals surface area contributed by atoms with Gasteiger partial charge >= 0.3 is 12.1 Å². The van der Waals surface area contributed by atoms with Crippen LogP contribution in [0.3, 0.4) is 0 Å². The molecule has 2 aromatic rings. The largest absolute Gasteiger partial charge is 0.448 e.